The average molecular weight is 435 g/mol. The molecular formula is C25H21N7O. The second-order valence-corrected chi connectivity index (χ2v) is 8.07. The van der Waals surface area contributed by atoms with E-state index >= 15 is 0 Å². The number of nitrogens with zero attached hydrogens (tertiary/aromatic N) is 6. The molecule has 3 aromatic carbocycles. The van der Waals surface area contributed by atoms with E-state index in [2.05, 4.69) is 73.5 Å². The first-order chi connectivity index (χ1) is 16.3. The molecule has 0 radical (unpaired) electrons. The van der Waals surface area contributed by atoms with Crippen LogP contribution in [0.15, 0.2) is 82.9 Å². The van der Waals surface area contributed by atoms with Gasteiger partial charge in [-0.2, -0.15) is 4.68 Å². The van der Waals surface area contributed by atoms with Gasteiger partial charge in [0, 0.05) is 12.1 Å². The lowest BCUT2D eigenvalue weighted by atomic mass is 9.91. The van der Waals surface area contributed by atoms with Crippen molar-refractivity contribution in [3.63, 3.8) is 0 Å². The fraction of sp³-hybridized carbons (Fsp3) is 0.160. The van der Waals surface area contributed by atoms with E-state index in [9.17, 15) is 0 Å². The molecule has 1 aliphatic heterocycles. The van der Waals surface area contributed by atoms with Crippen molar-refractivity contribution in [3.05, 3.63) is 101 Å². The molecule has 1 N–H and O–H groups in total. The van der Waals surface area contributed by atoms with Gasteiger partial charge in [-0.25, -0.2) is 0 Å². The van der Waals surface area contributed by atoms with Crippen LogP contribution in [0.5, 0.6) is 0 Å². The van der Waals surface area contributed by atoms with Gasteiger partial charge in [0.05, 0.1) is 5.57 Å². The zero-order chi connectivity index (χ0) is 22.2. The van der Waals surface area contributed by atoms with Gasteiger partial charge < -0.3 is 9.73 Å². The van der Waals surface area contributed by atoms with Crippen LogP contribution in [0.3, 0.4) is 0 Å². The minimum Gasteiger partial charge on any atom is -0.421 e. The largest absolute Gasteiger partial charge is 0.421 e. The first-order valence-corrected chi connectivity index (χ1v) is 10.9. The summed E-state index contributed by atoms with van der Waals surface area (Å²) in [7, 11) is 0. The molecule has 162 valence electrons. The Kier molecular flexibility index (Phi) is 4.68. The summed E-state index contributed by atoms with van der Waals surface area (Å²) in [5, 5.41) is 26.6. The fourth-order valence-electron chi connectivity index (χ4n) is 4.43. The molecule has 0 bridgehead atoms. The van der Waals surface area contributed by atoms with Gasteiger partial charge in [0.25, 0.3) is 0 Å². The summed E-state index contributed by atoms with van der Waals surface area (Å²) in [4.78, 5) is 0. The molecule has 1 atom stereocenters. The molecule has 8 heteroatoms. The van der Waals surface area contributed by atoms with Crippen LogP contribution in [0.4, 0.5) is 5.95 Å². The van der Waals surface area contributed by atoms with Crippen LogP contribution in [-0.2, 0) is 12.8 Å². The summed E-state index contributed by atoms with van der Waals surface area (Å²) in [6, 6.07) is 24.5. The molecule has 0 fully saturated rings. The highest BCUT2D eigenvalue weighted by Gasteiger charge is 2.34. The van der Waals surface area contributed by atoms with Crippen molar-refractivity contribution in [1.82, 2.24) is 30.4 Å². The Morgan fingerprint density at radius 2 is 1.70 bits per heavy atom. The maximum Gasteiger partial charge on any atom is 0.248 e. The van der Waals surface area contributed by atoms with Crippen LogP contribution in [0, 0.1) is 0 Å². The minimum atomic E-state index is -0.301. The standard InChI is InChI=1S/C25H21N7O/c1-16-22(24-28-27-21(33-24)15-14-17-8-3-2-4-9-17)23(32-25(26-16)29-30-31-32)20-13-7-11-18-10-5-6-12-19(18)20/h2-13,23H,14-15H2,1H3,(H,26,29,31). The number of allylic oxidation sites excluding steroid dienone is 2. The smallest absolute Gasteiger partial charge is 0.248 e. The summed E-state index contributed by atoms with van der Waals surface area (Å²) in [5.74, 6) is 1.66. The van der Waals surface area contributed by atoms with Gasteiger partial charge >= 0.3 is 0 Å². The average Bonchev–Trinajstić information content (AvgIpc) is 3.51. The Balaban J connectivity index is 1.42. The maximum absolute atomic E-state index is 6.17. The molecule has 1 aliphatic rings. The highest BCUT2D eigenvalue weighted by molar-refractivity contribution is 5.89. The van der Waals surface area contributed by atoms with Gasteiger partial charge in [-0.05, 0) is 45.7 Å². The van der Waals surface area contributed by atoms with Crippen molar-refractivity contribution in [2.45, 2.75) is 25.8 Å². The predicted molar refractivity (Wildman–Crippen MR) is 124 cm³/mol. The van der Waals surface area contributed by atoms with E-state index in [1.807, 2.05) is 37.3 Å². The number of aryl methyl sites for hydroxylation is 2. The topological polar surface area (TPSA) is 94.5 Å². The third-order valence-electron chi connectivity index (χ3n) is 6.00. The number of fused-ring (bicyclic) bond motifs is 2. The first-order valence-electron chi connectivity index (χ1n) is 10.9. The van der Waals surface area contributed by atoms with Crippen LogP contribution in [0.25, 0.3) is 16.3 Å². The van der Waals surface area contributed by atoms with E-state index < -0.39 is 0 Å². The predicted octanol–water partition coefficient (Wildman–Crippen LogP) is 4.44. The van der Waals surface area contributed by atoms with Crippen LogP contribution in [0.2, 0.25) is 0 Å². The van der Waals surface area contributed by atoms with E-state index in [4.69, 9.17) is 4.42 Å². The SMILES string of the molecule is CC1=C(c2nnc(CCc3ccccc3)o2)C(c2cccc3ccccc23)n2nnnc2N1. The van der Waals surface area contributed by atoms with Gasteiger partial charge in [-0.3, -0.25) is 0 Å². The molecule has 2 aromatic heterocycles. The van der Waals surface area contributed by atoms with Gasteiger partial charge in [0.1, 0.15) is 6.04 Å². The first kappa shape index (κ1) is 19.4. The number of aromatic nitrogens is 6. The number of nitrogens with one attached hydrogen (secondary N) is 1. The van der Waals surface area contributed by atoms with Crippen molar-refractivity contribution < 1.29 is 4.42 Å². The summed E-state index contributed by atoms with van der Waals surface area (Å²) >= 11 is 0. The van der Waals surface area contributed by atoms with Gasteiger partial charge in [-0.15, -0.1) is 10.2 Å². The second-order valence-electron chi connectivity index (χ2n) is 8.07. The highest BCUT2D eigenvalue weighted by atomic mass is 16.4. The van der Waals surface area contributed by atoms with Gasteiger partial charge in [0.2, 0.25) is 17.7 Å². The van der Waals surface area contributed by atoms with E-state index in [0.29, 0.717) is 24.2 Å². The maximum atomic E-state index is 6.17. The lowest BCUT2D eigenvalue weighted by Crippen LogP contribution is -2.24. The number of benzene rings is 3. The van der Waals surface area contributed by atoms with Crippen molar-refractivity contribution >= 4 is 22.3 Å². The summed E-state index contributed by atoms with van der Waals surface area (Å²) in [6.45, 7) is 1.99. The number of tetrazole rings is 1. The lowest BCUT2D eigenvalue weighted by molar-refractivity contribution is 0.470. The second kappa shape index (κ2) is 7.98. The number of hydrogen-bond donors (Lipinski definition) is 1. The molecule has 1 unspecified atom stereocenters. The molecule has 33 heavy (non-hydrogen) atoms. The Labute approximate surface area is 190 Å². The summed E-state index contributed by atoms with van der Waals surface area (Å²) in [5.41, 5.74) is 4.05. The van der Waals surface area contributed by atoms with Crippen molar-refractivity contribution in [2.24, 2.45) is 0 Å². The summed E-state index contributed by atoms with van der Waals surface area (Å²) < 4.78 is 7.94. The fourth-order valence-corrected chi connectivity index (χ4v) is 4.43. The van der Waals surface area contributed by atoms with Gasteiger partial charge in [0.15, 0.2) is 0 Å². The van der Waals surface area contributed by atoms with E-state index in [1.54, 1.807) is 4.68 Å². The molecule has 0 saturated carbocycles. The van der Waals surface area contributed by atoms with Crippen molar-refractivity contribution in [3.8, 4) is 0 Å². The quantitative estimate of drug-likeness (QED) is 0.436. The molecule has 0 amide bonds. The number of rotatable bonds is 5. The number of anilines is 1. The number of hydrogen-bond acceptors (Lipinski definition) is 7. The Morgan fingerprint density at radius 1 is 0.879 bits per heavy atom. The third kappa shape index (κ3) is 3.45. The van der Waals surface area contributed by atoms with Gasteiger partial charge in [-0.1, -0.05) is 77.9 Å². The zero-order valence-corrected chi connectivity index (χ0v) is 18.0. The highest BCUT2D eigenvalue weighted by Crippen LogP contribution is 2.41. The van der Waals surface area contributed by atoms with Crippen molar-refractivity contribution in [2.75, 3.05) is 5.32 Å². The van der Waals surface area contributed by atoms with E-state index in [1.165, 1.54) is 5.56 Å². The monoisotopic (exact) mass is 435 g/mol. The summed E-state index contributed by atoms with van der Waals surface area (Å²) in [6.07, 6.45) is 1.51. The molecule has 6 rings (SSSR count). The lowest BCUT2D eigenvalue weighted by Gasteiger charge is -2.27. The molecule has 0 spiro atoms. The molecular weight excluding hydrogens is 414 g/mol. The van der Waals surface area contributed by atoms with Crippen LogP contribution in [0.1, 0.15) is 35.9 Å². The Morgan fingerprint density at radius 3 is 2.61 bits per heavy atom. The Bertz CT molecular complexity index is 1460. The molecule has 0 saturated heterocycles. The Hall–Kier alpha value is -4.33. The zero-order valence-electron chi connectivity index (χ0n) is 18.0. The van der Waals surface area contributed by atoms with E-state index in [0.717, 1.165) is 34.0 Å². The molecule has 5 aromatic rings. The molecule has 3 heterocycles. The van der Waals surface area contributed by atoms with Crippen LogP contribution < -0.4 is 5.32 Å². The van der Waals surface area contributed by atoms with E-state index in [-0.39, 0.29) is 6.04 Å². The normalized spacial score (nSPS) is 15.5. The minimum absolute atomic E-state index is 0.301. The molecule has 8 nitrogen and oxygen atoms in total. The van der Waals surface area contributed by atoms with Crippen LogP contribution in [-0.4, -0.2) is 30.4 Å². The van der Waals surface area contributed by atoms with Crippen LogP contribution >= 0.6 is 0 Å². The third-order valence-corrected chi connectivity index (χ3v) is 6.00. The van der Waals surface area contributed by atoms with Crippen molar-refractivity contribution in [1.29, 1.82) is 0 Å². The molecule has 0 aliphatic carbocycles.